The van der Waals surface area contributed by atoms with Crippen LogP contribution in [0.3, 0.4) is 0 Å². The number of halogens is 1. The summed E-state index contributed by atoms with van der Waals surface area (Å²) in [5, 5.41) is 0. The Balaban J connectivity index is 1.58. The minimum Gasteiger partial charge on any atom is -0.304 e. The predicted molar refractivity (Wildman–Crippen MR) is 130 cm³/mol. The Morgan fingerprint density at radius 3 is 2.29 bits per heavy atom. The number of hydrogen-bond acceptors (Lipinski definition) is 5. The number of imidazole rings is 2. The van der Waals surface area contributed by atoms with E-state index in [0.29, 0.717) is 23.5 Å². The molecule has 1 aliphatic rings. The van der Waals surface area contributed by atoms with Gasteiger partial charge in [-0.15, -0.1) is 0 Å². The molecule has 0 radical (unpaired) electrons. The third kappa shape index (κ3) is 3.57. The first-order chi connectivity index (χ1) is 16.3. The summed E-state index contributed by atoms with van der Waals surface area (Å²) in [6.45, 7) is 9.14. The molecule has 4 aromatic rings. The summed E-state index contributed by atoms with van der Waals surface area (Å²) in [5.41, 5.74) is 2.53. The van der Waals surface area contributed by atoms with Gasteiger partial charge in [-0.05, 0) is 58.1 Å². The molecular formula is C24H30FN7O2. The van der Waals surface area contributed by atoms with Gasteiger partial charge in [0, 0.05) is 56.8 Å². The second-order valence-corrected chi connectivity index (χ2v) is 9.20. The Morgan fingerprint density at radius 1 is 0.941 bits per heavy atom. The van der Waals surface area contributed by atoms with E-state index in [1.807, 2.05) is 22.8 Å². The van der Waals surface area contributed by atoms with Crippen molar-refractivity contribution in [3.05, 3.63) is 62.3 Å². The first-order valence-electron chi connectivity index (χ1n) is 11.6. The Hall–Kier alpha value is -3.24. The summed E-state index contributed by atoms with van der Waals surface area (Å²) < 4.78 is 20.0. The van der Waals surface area contributed by atoms with Crippen molar-refractivity contribution in [3.63, 3.8) is 0 Å². The molecule has 9 nitrogen and oxygen atoms in total. The van der Waals surface area contributed by atoms with E-state index in [2.05, 4.69) is 21.8 Å². The molecule has 34 heavy (non-hydrogen) atoms. The fourth-order valence-corrected chi connectivity index (χ4v) is 4.87. The first-order valence-corrected chi connectivity index (χ1v) is 11.6. The zero-order chi connectivity index (χ0) is 24.1. The van der Waals surface area contributed by atoms with Gasteiger partial charge in [0.2, 0.25) is 5.78 Å². The predicted octanol–water partition coefficient (Wildman–Crippen LogP) is 1.53. The molecule has 0 N–H and O–H groups in total. The third-order valence-electron chi connectivity index (χ3n) is 7.06. The minimum atomic E-state index is -0.362. The summed E-state index contributed by atoms with van der Waals surface area (Å²) in [5.74, 6) is 0.204. The van der Waals surface area contributed by atoms with Crippen molar-refractivity contribution >= 4 is 16.9 Å². The van der Waals surface area contributed by atoms with Crippen molar-refractivity contribution in [1.82, 2.24) is 32.9 Å². The van der Waals surface area contributed by atoms with Gasteiger partial charge in [0.05, 0.1) is 0 Å². The first kappa shape index (κ1) is 22.5. The molecule has 0 spiro atoms. The van der Waals surface area contributed by atoms with E-state index in [0.717, 1.165) is 56.2 Å². The number of aromatic nitrogens is 5. The van der Waals surface area contributed by atoms with Gasteiger partial charge < -0.3 is 9.80 Å². The summed E-state index contributed by atoms with van der Waals surface area (Å²) in [6, 6.07) is 6.15. The normalized spacial score (nSPS) is 15.7. The minimum absolute atomic E-state index is 0.323. The standard InChI is InChI=1S/C24H30FN7O2/c1-16-17(2)32-20-21(26-23(32)31(16)19-8-6-18(25)7-9-19)28(4)24(34)30(22(20)33)11-5-10-29-14-12-27(3)13-15-29/h6-9H,5,10-15H2,1-4H3. The molecule has 180 valence electrons. The second-order valence-electron chi connectivity index (χ2n) is 9.20. The maximum atomic E-state index is 13.6. The van der Waals surface area contributed by atoms with Crippen LogP contribution in [-0.4, -0.2) is 72.7 Å². The van der Waals surface area contributed by atoms with Gasteiger partial charge in [0.15, 0.2) is 11.2 Å². The van der Waals surface area contributed by atoms with Crippen molar-refractivity contribution < 1.29 is 4.39 Å². The highest BCUT2D eigenvalue weighted by Crippen LogP contribution is 2.24. The summed E-state index contributed by atoms with van der Waals surface area (Å²) >= 11 is 0. The van der Waals surface area contributed by atoms with Crippen molar-refractivity contribution in [3.8, 4) is 5.69 Å². The number of rotatable bonds is 5. The van der Waals surface area contributed by atoms with Crippen LogP contribution in [0.15, 0.2) is 33.9 Å². The largest absolute Gasteiger partial charge is 0.332 e. The van der Waals surface area contributed by atoms with Crippen LogP contribution in [0.5, 0.6) is 0 Å². The van der Waals surface area contributed by atoms with E-state index >= 15 is 0 Å². The van der Waals surface area contributed by atoms with Crippen LogP contribution in [0.1, 0.15) is 17.8 Å². The van der Waals surface area contributed by atoms with Gasteiger partial charge in [-0.3, -0.25) is 22.9 Å². The summed E-state index contributed by atoms with van der Waals surface area (Å²) in [4.78, 5) is 36.0. The SMILES string of the molecule is Cc1c(C)n2c3c(=O)n(CCCN4CCN(C)CC4)c(=O)n(C)c3nc2n1-c1ccc(F)cc1. The van der Waals surface area contributed by atoms with Crippen LogP contribution in [0.2, 0.25) is 0 Å². The van der Waals surface area contributed by atoms with Gasteiger partial charge in [-0.25, -0.2) is 9.18 Å². The lowest BCUT2D eigenvalue weighted by molar-refractivity contribution is 0.151. The smallest absolute Gasteiger partial charge is 0.304 e. The molecule has 10 heteroatoms. The molecule has 0 bridgehead atoms. The zero-order valence-corrected chi connectivity index (χ0v) is 20.1. The summed E-state index contributed by atoms with van der Waals surface area (Å²) in [7, 11) is 3.77. The number of hydrogen-bond donors (Lipinski definition) is 0. The molecule has 0 aliphatic carbocycles. The Bertz CT molecular complexity index is 1480. The van der Waals surface area contributed by atoms with Crippen molar-refractivity contribution in [2.75, 3.05) is 39.8 Å². The molecule has 1 saturated heterocycles. The molecular weight excluding hydrogens is 437 g/mol. The highest BCUT2D eigenvalue weighted by molar-refractivity contribution is 5.77. The highest BCUT2D eigenvalue weighted by Gasteiger charge is 2.23. The Labute approximate surface area is 196 Å². The van der Waals surface area contributed by atoms with Crippen LogP contribution in [0, 0.1) is 19.7 Å². The molecule has 0 saturated carbocycles. The monoisotopic (exact) mass is 467 g/mol. The molecule has 1 aromatic carbocycles. The maximum Gasteiger partial charge on any atom is 0.332 e. The molecule has 3 aromatic heterocycles. The molecule has 1 fully saturated rings. The lowest BCUT2D eigenvalue weighted by Crippen LogP contribution is -2.45. The number of likely N-dealkylation sites (N-methyl/N-ethyl adjacent to an activating group) is 1. The van der Waals surface area contributed by atoms with E-state index < -0.39 is 0 Å². The van der Waals surface area contributed by atoms with Gasteiger partial charge >= 0.3 is 5.69 Å². The van der Waals surface area contributed by atoms with Gasteiger partial charge in [-0.2, -0.15) is 4.98 Å². The van der Waals surface area contributed by atoms with Crippen LogP contribution < -0.4 is 11.2 Å². The van der Waals surface area contributed by atoms with Crippen molar-refractivity contribution in [1.29, 1.82) is 0 Å². The topological polar surface area (TPSA) is 72.7 Å². The number of nitrogens with zero attached hydrogens (tertiary/aromatic N) is 7. The van der Waals surface area contributed by atoms with Gasteiger partial charge in [0.1, 0.15) is 5.82 Å². The zero-order valence-electron chi connectivity index (χ0n) is 20.1. The highest BCUT2D eigenvalue weighted by atomic mass is 19.1. The van der Waals surface area contributed by atoms with Crippen LogP contribution in [0.4, 0.5) is 4.39 Å². The number of piperazine rings is 1. The molecule has 1 aliphatic heterocycles. The van der Waals surface area contributed by atoms with E-state index in [9.17, 15) is 14.0 Å². The maximum absolute atomic E-state index is 13.6. The second kappa shape index (κ2) is 8.52. The van der Waals surface area contributed by atoms with Crippen molar-refractivity contribution in [2.45, 2.75) is 26.8 Å². The Morgan fingerprint density at radius 2 is 1.62 bits per heavy atom. The number of fused-ring (bicyclic) bond motifs is 3. The van der Waals surface area contributed by atoms with Crippen LogP contribution in [-0.2, 0) is 13.6 Å². The van der Waals surface area contributed by atoms with E-state index in [1.165, 1.54) is 21.3 Å². The lowest BCUT2D eigenvalue weighted by Gasteiger charge is -2.32. The number of benzene rings is 1. The van der Waals surface area contributed by atoms with Gasteiger partial charge in [0.25, 0.3) is 5.56 Å². The van der Waals surface area contributed by atoms with Crippen molar-refractivity contribution in [2.24, 2.45) is 7.05 Å². The summed E-state index contributed by atoms with van der Waals surface area (Å²) in [6.07, 6.45) is 0.723. The number of aryl methyl sites for hydroxylation is 2. The van der Waals surface area contributed by atoms with Crippen LogP contribution >= 0.6 is 0 Å². The van der Waals surface area contributed by atoms with E-state index in [1.54, 1.807) is 19.2 Å². The molecule has 5 rings (SSSR count). The van der Waals surface area contributed by atoms with E-state index in [-0.39, 0.29) is 17.1 Å². The lowest BCUT2D eigenvalue weighted by atomic mass is 10.3. The Kier molecular flexibility index (Phi) is 5.65. The van der Waals surface area contributed by atoms with Crippen LogP contribution in [0.25, 0.3) is 22.6 Å². The average molecular weight is 468 g/mol. The quantitative estimate of drug-likeness (QED) is 0.445. The molecule has 0 unspecified atom stereocenters. The molecule has 4 heterocycles. The fraction of sp³-hybridized carbons (Fsp3) is 0.458. The molecule has 0 amide bonds. The molecule has 0 atom stereocenters. The van der Waals surface area contributed by atoms with E-state index in [4.69, 9.17) is 0 Å². The van der Waals surface area contributed by atoms with Gasteiger partial charge in [-0.1, -0.05) is 0 Å². The average Bonchev–Trinajstić information content (AvgIpc) is 3.32. The third-order valence-corrected chi connectivity index (χ3v) is 7.06. The fourth-order valence-electron chi connectivity index (χ4n) is 4.87.